The first-order valence-electron chi connectivity index (χ1n) is 8.80. The smallest absolute Gasteiger partial charge is 0.198 e. The fraction of sp³-hybridized carbons (Fsp3) is 0.238. The van der Waals surface area contributed by atoms with Crippen LogP contribution in [0.5, 0.6) is 0 Å². The van der Waals surface area contributed by atoms with Crippen molar-refractivity contribution in [2.45, 2.75) is 30.1 Å². The van der Waals surface area contributed by atoms with Crippen LogP contribution in [-0.4, -0.2) is 25.6 Å². The largest absolute Gasteiger partial charge is 0.360 e. The van der Waals surface area contributed by atoms with Gasteiger partial charge in [-0.05, 0) is 36.5 Å². The highest BCUT2D eigenvalue weighted by atomic mass is 32.2. The van der Waals surface area contributed by atoms with E-state index in [4.69, 9.17) is 4.52 Å². The summed E-state index contributed by atoms with van der Waals surface area (Å²) in [6.45, 7) is 0. The first kappa shape index (κ1) is 17.7. The van der Waals surface area contributed by atoms with Gasteiger partial charge in [0.25, 0.3) is 0 Å². The highest BCUT2D eigenvalue weighted by molar-refractivity contribution is 7.90. The molecule has 1 saturated carbocycles. The third-order valence-electron chi connectivity index (χ3n) is 4.79. The molecule has 1 heterocycles. The van der Waals surface area contributed by atoms with Gasteiger partial charge in [-0.1, -0.05) is 47.6 Å². The second kappa shape index (κ2) is 6.78. The summed E-state index contributed by atoms with van der Waals surface area (Å²) in [5.41, 5.74) is 2.26. The molecule has 1 aromatic heterocycles. The molecule has 3 aromatic rings. The molecule has 1 fully saturated rings. The molecule has 27 heavy (non-hydrogen) atoms. The second-order valence-corrected chi connectivity index (χ2v) is 8.91. The van der Waals surface area contributed by atoms with Gasteiger partial charge in [0.15, 0.2) is 21.4 Å². The molecule has 0 spiro atoms. The number of carbonyl (C=O) groups excluding carboxylic acids is 1. The van der Waals surface area contributed by atoms with Crippen molar-refractivity contribution in [2.75, 3.05) is 6.26 Å². The Morgan fingerprint density at radius 2 is 1.81 bits per heavy atom. The Morgan fingerprint density at radius 1 is 1.07 bits per heavy atom. The van der Waals surface area contributed by atoms with Gasteiger partial charge in [0.05, 0.1) is 16.7 Å². The summed E-state index contributed by atoms with van der Waals surface area (Å²) < 4.78 is 30.0. The van der Waals surface area contributed by atoms with E-state index in [-0.39, 0.29) is 16.6 Å². The van der Waals surface area contributed by atoms with Crippen LogP contribution in [0.15, 0.2) is 64.1 Å². The molecule has 5 nitrogen and oxygen atoms in total. The topological polar surface area (TPSA) is 77.2 Å². The van der Waals surface area contributed by atoms with Crippen molar-refractivity contribution in [3.63, 3.8) is 0 Å². The minimum atomic E-state index is -3.48. The Balaban J connectivity index is 1.84. The number of hydrogen-bond acceptors (Lipinski definition) is 5. The van der Waals surface area contributed by atoms with Crippen molar-refractivity contribution in [3.8, 4) is 0 Å². The highest BCUT2D eigenvalue weighted by Crippen LogP contribution is 2.42. The van der Waals surface area contributed by atoms with Crippen LogP contribution in [0.2, 0.25) is 0 Å². The molecule has 0 amide bonds. The molecule has 6 heteroatoms. The van der Waals surface area contributed by atoms with Gasteiger partial charge in [-0.15, -0.1) is 0 Å². The molecule has 0 radical (unpaired) electrons. The van der Waals surface area contributed by atoms with Gasteiger partial charge in [0, 0.05) is 17.7 Å². The number of hydrogen-bond donors (Lipinski definition) is 0. The summed E-state index contributed by atoms with van der Waals surface area (Å²) in [5.74, 6) is 0.604. The monoisotopic (exact) mass is 381 g/mol. The first-order chi connectivity index (χ1) is 12.9. The number of sulfone groups is 1. The van der Waals surface area contributed by atoms with Crippen molar-refractivity contribution >= 4 is 15.6 Å². The summed E-state index contributed by atoms with van der Waals surface area (Å²) in [4.78, 5) is 13.4. The standard InChI is InChI=1S/C21H19NO4S/c1-27(24,25)19-9-5-8-16(17(19)12-14-6-3-2-4-7-14)20(23)18-13-22-26-21(18)15-10-11-15/h2-9,13,15H,10-12H2,1H3. The summed E-state index contributed by atoms with van der Waals surface area (Å²) in [6, 6.07) is 14.4. The Hall–Kier alpha value is -2.73. The van der Waals surface area contributed by atoms with Crippen LogP contribution >= 0.6 is 0 Å². The number of benzene rings is 2. The number of aromatic nitrogens is 1. The minimum absolute atomic E-state index is 0.182. The van der Waals surface area contributed by atoms with Gasteiger partial charge in [-0.2, -0.15) is 0 Å². The fourth-order valence-corrected chi connectivity index (χ4v) is 4.27. The quantitative estimate of drug-likeness (QED) is 0.607. The van der Waals surface area contributed by atoms with E-state index < -0.39 is 9.84 Å². The molecule has 0 saturated heterocycles. The number of ketones is 1. The lowest BCUT2D eigenvalue weighted by Crippen LogP contribution is -2.12. The third-order valence-corrected chi connectivity index (χ3v) is 5.97. The summed E-state index contributed by atoms with van der Waals surface area (Å²) >= 11 is 0. The van der Waals surface area contributed by atoms with Gasteiger partial charge in [0.1, 0.15) is 0 Å². The Labute approximate surface area is 157 Å². The van der Waals surface area contributed by atoms with E-state index in [2.05, 4.69) is 5.16 Å². The zero-order valence-corrected chi connectivity index (χ0v) is 15.7. The Morgan fingerprint density at radius 3 is 2.48 bits per heavy atom. The predicted octanol–water partition coefficient (Wildman–Crippen LogP) is 3.78. The van der Waals surface area contributed by atoms with Crippen molar-refractivity contribution in [3.05, 3.63) is 82.7 Å². The average molecular weight is 381 g/mol. The van der Waals surface area contributed by atoms with E-state index in [9.17, 15) is 13.2 Å². The van der Waals surface area contributed by atoms with E-state index in [1.54, 1.807) is 18.2 Å². The van der Waals surface area contributed by atoms with Crippen LogP contribution < -0.4 is 0 Å². The second-order valence-electron chi connectivity index (χ2n) is 6.92. The molecule has 0 unspecified atom stereocenters. The SMILES string of the molecule is CS(=O)(=O)c1cccc(C(=O)c2cnoc2C2CC2)c1Cc1ccccc1. The molecular weight excluding hydrogens is 362 g/mol. The van der Waals surface area contributed by atoms with Gasteiger partial charge >= 0.3 is 0 Å². The maximum atomic E-state index is 13.3. The first-order valence-corrected chi connectivity index (χ1v) is 10.7. The highest BCUT2D eigenvalue weighted by Gasteiger charge is 2.33. The molecule has 138 valence electrons. The van der Waals surface area contributed by atoms with E-state index in [1.807, 2.05) is 30.3 Å². The fourth-order valence-electron chi connectivity index (χ4n) is 3.31. The van der Waals surface area contributed by atoms with Crippen LogP contribution in [0.3, 0.4) is 0 Å². The normalized spacial score (nSPS) is 14.3. The molecule has 4 rings (SSSR count). The van der Waals surface area contributed by atoms with Gasteiger partial charge < -0.3 is 4.52 Å². The zero-order valence-electron chi connectivity index (χ0n) is 14.9. The predicted molar refractivity (Wildman–Crippen MR) is 101 cm³/mol. The van der Waals surface area contributed by atoms with Crippen molar-refractivity contribution in [2.24, 2.45) is 0 Å². The maximum Gasteiger partial charge on any atom is 0.198 e. The van der Waals surface area contributed by atoms with Gasteiger partial charge in [0.2, 0.25) is 0 Å². The maximum absolute atomic E-state index is 13.3. The van der Waals surface area contributed by atoms with Crippen LogP contribution in [0, 0.1) is 0 Å². The third kappa shape index (κ3) is 3.57. The number of rotatable bonds is 6. The van der Waals surface area contributed by atoms with Crippen LogP contribution in [0.25, 0.3) is 0 Å². The van der Waals surface area contributed by atoms with Crippen molar-refractivity contribution in [1.82, 2.24) is 5.16 Å². The molecule has 1 aliphatic carbocycles. The van der Waals surface area contributed by atoms with E-state index >= 15 is 0 Å². The van der Waals surface area contributed by atoms with Crippen molar-refractivity contribution in [1.29, 1.82) is 0 Å². The lowest BCUT2D eigenvalue weighted by Gasteiger charge is -2.13. The summed E-state index contributed by atoms with van der Waals surface area (Å²) in [5, 5.41) is 3.80. The molecule has 0 atom stereocenters. The van der Waals surface area contributed by atoms with Crippen LogP contribution in [-0.2, 0) is 16.3 Å². The van der Waals surface area contributed by atoms with E-state index in [1.165, 1.54) is 12.5 Å². The van der Waals surface area contributed by atoms with E-state index in [0.29, 0.717) is 28.9 Å². The lowest BCUT2D eigenvalue weighted by atomic mass is 9.94. The summed E-state index contributed by atoms with van der Waals surface area (Å²) in [7, 11) is -3.48. The van der Waals surface area contributed by atoms with Gasteiger partial charge in [-0.25, -0.2) is 8.42 Å². The molecule has 1 aliphatic rings. The summed E-state index contributed by atoms with van der Waals surface area (Å²) in [6.07, 6.45) is 4.93. The van der Waals surface area contributed by atoms with Crippen LogP contribution in [0.4, 0.5) is 0 Å². The van der Waals surface area contributed by atoms with E-state index in [0.717, 1.165) is 18.4 Å². The zero-order chi connectivity index (χ0) is 19.0. The minimum Gasteiger partial charge on any atom is -0.360 e. The van der Waals surface area contributed by atoms with Crippen LogP contribution in [0.1, 0.15) is 51.6 Å². The molecule has 0 bridgehead atoms. The molecular formula is C21H19NO4S. The molecule has 0 aliphatic heterocycles. The van der Waals surface area contributed by atoms with Gasteiger partial charge in [-0.3, -0.25) is 4.79 Å². The number of carbonyl (C=O) groups is 1. The molecule has 2 aromatic carbocycles. The Bertz CT molecular complexity index is 1100. The molecule has 0 N–H and O–H groups in total. The number of nitrogens with zero attached hydrogens (tertiary/aromatic N) is 1. The Kier molecular flexibility index (Phi) is 4.44. The average Bonchev–Trinajstić information content (AvgIpc) is 3.38. The lowest BCUT2D eigenvalue weighted by molar-refractivity contribution is 0.103. The van der Waals surface area contributed by atoms with Crippen molar-refractivity contribution < 1.29 is 17.7 Å².